The van der Waals surface area contributed by atoms with Crippen LogP contribution in [0.3, 0.4) is 0 Å². The smallest absolute Gasteiger partial charge is 0.194 e. The molecule has 0 aromatic heterocycles. The van der Waals surface area contributed by atoms with Crippen LogP contribution in [0.5, 0.6) is 0 Å². The quantitative estimate of drug-likeness (QED) is 0.361. The Bertz CT molecular complexity index is 210. The first-order chi connectivity index (χ1) is 8.64. The molecule has 0 aromatic rings. The molecule has 1 unspecified atom stereocenters. The van der Waals surface area contributed by atoms with Gasteiger partial charge in [0.25, 0.3) is 0 Å². The van der Waals surface area contributed by atoms with Crippen molar-refractivity contribution in [3.05, 3.63) is 0 Å². The summed E-state index contributed by atoms with van der Waals surface area (Å²) < 4.78 is 6.40. The first-order valence-corrected chi connectivity index (χ1v) is 10.3. The SMILES string of the molecule is C#CC(C)O[Si](CCCC)(CCCC)CCCC. The summed E-state index contributed by atoms with van der Waals surface area (Å²) in [6.07, 6.45) is 13.2. The molecule has 0 bridgehead atoms. The lowest BCUT2D eigenvalue weighted by atomic mass is 10.4. The molecular weight excluding hydrogens is 236 g/mol. The molecule has 1 atom stereocenters. The summed E-state index contributed by atoms with van der Waals surface area (Å²) >= 11 is 0. The molecular formula is C16H32OSi. The van der Waals surface area contributed by atoms with Crippen LogP contribution in [0.4, 0.5) is 0 Å². The number of hydrogen-bond acceptors (Lipinski definition) is 1. The highest BCUT2D eigenvalue weighted by Crippen LogP contribution is 2.30. The predicted octanol–water partition coefficient (Wildman–Crippen LogP) is 5.37. The van der Waals surface area contributed by atoms with Crippen molar-refractivity contribution >= 4 is 8.32 Å². The summed E-state index contributed by atoms with van der Waals surface area (Å²) in [5, 5.41) is 0. The summed E-state index contributed by atoms with van der Waals surface area (Å²) in [6, 6.07) is 3.90. The minimum Gasteiger partial charge on any atom is -0.404 e. The van der Waals surface area contributed by atoms with Crippen molar-refractivity contribution in [1.29, 1.82) is 0 Å². The van der Waals surface area contributed by atoms with Gasteiger partial charge in [0, 0.05) is 0 Å². The Hall–Kier alpha value is -0.263. The maximum atomic E-state index is 6.40. The van der Waals surface area contributed by atoms with Crippen molar-refractivity contribution in [2.45, 2.75) is 90.5 Å². The van der Waals surface area contributed by atoms with E-state index in [1.54, 1.807) is 0 Å². The van der Waals surface area contributed by atoms with Gasteiger partial charge in [-0.3, -0.25) is 0 Å². The third kappa shape index (κ3) is 7.23. The van der Waals surface area contributed by atoms with E-state index in [0.717, 1.165) is 0 Å². The van der Waals surface area contributed by atoms with Crippen LogP contribution in [0.1, 0.15) is 66.2 Å². The number of terminal acetylenes is 1. The summed E-state index contributed by atoms with van der Waals surface area (Å²) in [7, 11) is -1.58. The van der Waals surface area contributed by atoms with Crippen molar-refractivity contribution in [1.82, 2.24) is 0 Å². The Morgan fingerprint density at radius 1 is 0.944 bits per heavy atom. The van der Waals surface area contributed by atoms with Crippen LogP contribution in [-0.2, 0) is 4.43 Å². The van der Waals surface area contributed by atoms with Crippen molar-refractivity contribution in [2.24, 2.45) is 0 Å². The van der Waals surface area contributed by atoms with Crippen LogP contribution in [0.2, 0.25) is 18.1 Å². The zero-order valence-corrected chi connectivity index (χ0v) is 13.9. The molecule has 0 saturated heterocycles. The van der Waals surface area contributed by atoms with Gasteiger partial charge in [0.2, 0.25) is 0 Å². The average Bonchev–Trinajstić information content (AvgIpc) is 2.40. The van der Waals surface area contributed by atoms with E-state index >= 15 is 0 Å². The van der Waals surface area contributed by atoms with Crippen LogP contribution < -0.4 is 0 Å². The Morgan fingerprint density at radius 3 is 1.61 bits per heavy atom. The third-order valence-corrected chi connectivity index (χ3v) is 8.27. The van der Waals surface area contributed by atoms with Gasteiger partial charge >= 0.3 is 0 Å². The fourth-order valence-corrected chi connectivity index (χ4v) is 7.37. The van der Waals surface area contributed by atoms with Gasteiger partial charge in [-0.25, -0.2) is 0 Å². The second-order valence-corrected chi connectivity index (χ2v) is 9.52. The second-order valence-electron chi connectivity index (χ2n) is 5.42. The van der Waals surface area contributed by atoms with Crippen molar-refractivity contribution in [3.63, 3.8) is 0 Å². The van der Waals surface area contributed by atoms with E-state index in [2.05, 4.69) is 26.7 Å². The Morgan fingerprint density at radius 2 is 1.33 bits per heavy atom. The molecule has 0 aliphatic rings. The zero-order chi connectivity index (χ0) is 13.9. The molecule has 0 aliphatic carbocycles. The van der Waals surface area contributed by atoms with Gasteiger partial charge in [-0.15, -0.1) is 6.42 Å². The maximum Gasteiger partial charge on any atom is 0.194 e. The van der Waals surface area contributed by atoms with Gasteiger partial charge in [0.05, 0.1) is 0 Å². The molecule has 0 N–H and O–H groups in total. The van der Waals surface area contributed by atoms with Crippen LogP contribution in [-0.4, -0.2) is 14.4 Å². The van der Waals surface area contributed by atoms with Gasteiger partial charge in [-0.05, 0) is 25.1 Å². The molecule has 0 amide bonds. The first kappa shape index (κ1) is 17.7. The molecule has 106 valence electrons. The highest BCUT2D eigenvalue weighted by atomic mass is 28.4. The Kier molecular flexibility index (Phi) is 10.5. The normalized spacial score (nSPS) is 13.3. The van der Waals surface area contributed by atoms with Gasteiger partial charge in [0.1, 0.15) is 6.10 Å². The second kappa shape index (κ2) is 10.6. The minimum absolute atomic E-state index is 0.00207. The Labute approximate surface area is 116 Å². The van der Waals surface area contributed by atoms with Crippen LogP contribution in [0.15, 0.2) is 0 Å². The molecule has 1 nitrogen and oxygen atoms in total. The lowest BCUT2D eigenvalue weighted by Gasteiger charge is -2.33. The van der Waals surface area contributed by atoms with E-state index in [1.807, 2.05) is 6.92 Å². The highest BCUT2D eigenvalue weighted by Gasteiger charge is 2.34. The maximum absolute atomic E-state index is 6.40. The van der Waals surface area contributed by atoms with Crippen LogP contribution >= 0.6 is 0 Å². The number of hydrogen-bond donors (Lipinski definition) is 0. The van der Waals surface area contributed by atoms with Gasteiger partial charge in [-0.2, -0.15) is 0 Å². The Balaban J connectivity index is 4.68. The molecule has 0 saturated carbocycles. The van der Waals surface area contributed by atoms with Gasteiger partial charge in [0.15, 0.2) is 8.32 Å². The average molecular weight is 269 g/mol. The van der Waals surface area contributed by atoms with E-state index in [0.29, 0.717) is 0 Å². The lowest BCUT2D eigenvalue weighted by Crippen LogP contribution is -2.40. The molecule has 0 radical (unpaired) electrons. The monoisotopic (exact) mass is 268 g/mol. The molecule has 2 heteroatoms. The van der Waals surface area contributed by atoms with Crippen LogP contribution in [0.25, 0.3) is 0 Å². The van der Waals surface area contributed by atoms with E-state index in [-0.39, 0.29) is 6.10 Å². The summed E-state index contributed by atoms with van der Waals surface area (Å²) in [5.74, 6) is 2.76. The lowest BCUT2D eigenvalue weighted by molar-refractivity contribution is 0.256. The fourth-order valence-electron chi connectivity index (χ4n) is 2.46. The predicted molar refractivity (Wildman–Crippen MR) is 84.3 cm³/mol. The van der Waals surface area contributed by atoms with Crippen LogP contribution in [0, 0.1) is 12.3 Å². The molecule has 0 heterocycles. The largest absolute Gasteiger partial charge is 0.404 e. The van der Waals surface area contributed by atoms with Crippen molar-refractivity contribution in [3.8, 4) is 12.3 Å². The highest BCUT2D eigenvalue weighted by molar-refractivity contribution is 6.73. The summed E-state index contributed by atoms with van der Waals surface area (Å²) in [5.41, 5.74) is 0. The number of rotatable bonds is 11. The van der Waals surface area contributed by atoms with E-state index in [4.69, 9.17) is 10.8 Å². The number of unbranched alkanes of at least 4 members (excludes halogenated alkanes) is 3. The molecule has 0 fully saturated rings. The van der Waals surface area contributed by atoms with E-state index in [9.17, 15) is 0 Å². The fraction of sp³-hybridized carbons (Fsp3) is 0.875. The zero-order valence-electron chi connectivity index (χ0n) is 12.9. The summed E-state index contributed by atoms with van der Waals surface area (Å²) in [6.45, 7) is 8.84. The van der Waals surface area contributed by atoms with Crippen molar-refractivity contribution < 1.29 is 4.43 Å². The molecule has 0 spiro atoms. The third-order valence-electron chi connectivity index (χ3n) is 3.62. The standard InChI is InChI=1S/C16H32OSi/c1-6-10-13-18(14-11-7-2,15-12-8-3)17-16(5)9-4/h4,16H,6-8,10-15H2,1-3,5H3. The van der Waals surface area contributed by atoms with E-state index < -0.39 is 8.32 Å². The minimum atomic E-state index is -1.58. The van der Waals surface area contributed by atoms with Crippen molar-refractivity contribution in [2.75, 3.05) is 0 Å². The van der Waals surface area contributed by atoms with Gasteiger partial charge < -0.3 is 4.43 Å². The first-order valence-electron chi connectivity index (χ1n) is 7.78. The molecule has 0 rings (SSSR count). The van der Waals surface area contributed by atoms with Gasteiger partial charge in [-0.1, -0.05) is 65.2 Å². The molecule has 0 aromatic carbocycles. The van der Waals surface area contributed by atoms with E-state index in [1.165, 1.54) is 56.7 Å². The topological polar surface area (TPSA) is 9.23 Å². The molecule has 18 heavy (non-hydrogen) atoms. The summed E-state index contributed by atoms with van der Waals surface area (Å²) in [4.78, 5) is 0. The molecule has 0 aliphatic heterocycles.